The molecule has 0 spiro atoms. The maximum absolute atomic E-state index is 13.9. The highest BCUT2D eigenvalue weighted by atomic mass is 35.5. The molecule has 1 N–H and O–H groups in total. The zero-order valence-electron chi connectivity index (χ0n) is 27.5. The van der Waals surface area contributed by atoms with E-state index in [9.17, 15) is 22.8 Å². The molecule has 0 radical (unpaired) electrons. The second kappa shape index (κ2) is 13.3. The number of hydrogen-bond acceptors (Lipinski definition) is 10. The molecule has 0 unspecified atom stereocenters. The van der Waals surface area contributed by atoms with Crippen LogP contribution < -0.4 is 15.0 Å². The third-order valence-electron chi connectivity index (χ3n) is 8.98. The molecule has 2 aliphatic rings. The number of nitrogens with one attached hydrogen (secondary N) is 1. The number of aliphatic imine (C=N–C) groups is 1. The summed E-state index contributed by atoms with van der Waals surface area (Å²) in [4.78, 5) is 50.0. The topological polar surface area (TPSA) is 155 Å². The first-order chi connectivity index (χ1) is 24.5. The molecular weight excluding hydrogens is 696 g/mol. The molecule has 0 saturated heterocycles. The second-order valence-electron chi connectivity index (χ2n) is 12.1. The van der Waals surface area contributed by atoms with Gasteiger partial charge in [-0.1, -0.05) is 48.9 Å². The van der Waals surface area contributed by atoms with Crippen LogP contribution in [0.4, 0.5) is 0 Å². The third-order valence-corrected chi connectivity index (χ3v) is 10.6. The van der Waals surface area contributed by atoms with Gasteiger partial charge in [0.15, 0.2) is 0 Å². The molecule has 0 saturated carbocycles. The molecule has 2 aromatic heterocycles. The molecule has 4 heterocycles. The molecule has 3 aromatic carbocycles. The monoisotopic (exact) mass is 726 g/mol. The van der Waals surface area contributed by atoms with Gasteiger partial charge in [-0.05, 0) is 66.6 Å². The van der Waals surface area contributed by atoms with E-state index >= 15 is 0 Å². The van der Waals surface area contributed by atoms with Crippen LogP contribution in [0.2, 0.25) is 5.02 Å². The number of methoxy groups -OCH3 is 1. The number of cyclic esters (lactones) is 1. The van der Waals surface area contributed by atoms with Crippen molar-refractivity contribution in [3.8, 4) is 17.1 Å². The van der Waals surface area contributed by atoms with Crippen molar-refractivity contribution in [1.29, 1.82) is 0 Å². The maximum Gasteiger partial charge on any atom is 0.355 e. The van der Waals surface area contributed by atoms with Crippen LogP contribution in [0.1, 0.15) is 35.6 Å². The number of nitrogens with zero attached hydrogens (tertiary/aromatic N) is 3. The molecule has 51 heavy (non-hydrogen) atoms. The number of pyridine rings is 2. The number of carbonyl (C=O) groups excluding carboxylic acids is 2. The van der Waals surface area contributed by atoms with Crippen LogP contribution in [0.15, 0.2) is 99.6 Å². The number of hydrogen-bond donors (Lipinski definition) is 1. The van der Waals surface area contributed by atoms with Gasteiger partial charge in [-0.2, -0.15) is 0 Å². The molecule has 7 rings (SSSR count). The van der Waals surface area contributed by atoms with Crippen molar-refractivity contribution in [1.82, 2.24) is 14.3 Å². The highest BCUT2D eigenvalue weighted by molar-refractivity contribution is 7.90. The molecular formula is C37H31ClN4O8S. The summed E-state index contributed by atoms with van der Waals surface area (Å²) in [5.74, 6) is -1.23. The lowest BCUT2D eigenvalue weighted by Gasteiger charge is -2.35. The summed E-state index contributed by atoms with van der Waals surface area (Å²) in [6.45, 7) is 1.00. The van der Waals surface area contributed by atoms with Crippen molar-refractivity contribution in [2.24, 2.45) is 4.99 Å². The Labute approximate surface area is 297 Å². The number of benzene rings is 3. The molecule has 1 atom stereocenters. The Balaban J connectivity index is 1.21. The van der Waals surface area contributed by atoms with Crippen molar-refractivity contribution >= 4 is 50.3 Å². The van der Waals surface area contributed by atoms with Crippen molar-refractivity contribution in [3.05, 3.63) is 123 Å². The van der Waals surface area contributed by atoms with Crippen LogP contribution in [0, 0.1) is 0 Å². The molecule has 14 heteroatoms. The first kappa shape index (κ1) is 33.9. The SMILES string of the molecule is CC[C@@]1(OC(=O)CN=C(Cc2ccc(OC)cc2)NS(=O)(=O)c2ccc(Cl)cc2)C(=O)OCc2c1cc1n(c2=O)Cc2cc3ccccc3nc2-1. The quantitative estimate of drug-likeness (QED) is 0.124. The Morgan fingerprint density at radius 3 is 2.53 bits per heavy atom. The summed E-state index contributed by atoms with van der Waals surface area (Å²) in [6.07, 6.45) is -0.0467. The van der Waals surface area contributed by atoms with E-state index in [2.05, 4.69) is 9.71 Å². The van der Waals surface area contributed by atoms with Crippen LogP contribution in [0.25, 0.3) is 22.3 Å². The summed E-state index contributed by atoms with van der Waals surface area (Å²) in [6, 6.07) is 23.7. The van der Waals surface area contributed by atoms with E-state index in [1.165, 1.54) is 31.4 Å². The number of rotatable bonds is 9. The Kier molecular flexibility index (Phi) is 8.86. The van der Waals surface area contributed by atoms with E-state index in [4.69, 9.17) is 30.8 Å². The summed E-state index contributed by atoms with van der Waals surface area (Å²) in [5, 5.41) is 1.29. The van der Waals surface area contributed by atoms with Crippen molar-refractivity contribution in [2.75, 3.05) is 13.7 Å². The van der Waals surface area contributed by atoms with Crippen molar-refractivity contribution in [2.45, 2.75) is 43.4 Å². The number of carbonyl (C=O) groups is 2. The Morgan fingerprint density at radius 1 is 1.06 bits per heavy atom. The predicted octanol–water partition coefficient (Wildman–Crippen LogP) is 4.91. The fourth-order valence-electron chi connectivity index (χ4n) is 6.36. The largest absolute Gasteiger partial charge is 0.497 e. The van der Waals surface area contributed by atoms with Crippen molar-refractivity contribution in [3.63, 3.8) is 0 Å². The number of sulfonamides is 1. The first-order valence-electron chi connectivity index (χ1n) is 16.0. The number of fused-ring (bicyclic) bond motifs is 5. The van der Waals surface area contributed by atoms with Crippen LogP contribution in [0.3, 0.4) is 0 Å². The van der Waals surface area contributed by atoms with E-state index in [1.54, 1.807) is 41.8 Å². The molecule has 0 aliphatic carbocycles. The first-order valence-corrected chi connectivity index (χ1v) is 17.9. The average Bonchev–Trinajstić information content (AvgIpc) is 3.49. The van der Waals surface area contributed by atoms with Gasteiger partial charge in [-0.15, -0.1) is 0 Å². The van der Waals surface area contributed by atoms with Gasteiger partial charge in [-0.25, -0.2) is 23.0 Å². The molecule has 2 aliphatic heterocycles. The normalized spacial score (nSPS) is 16.5. The lowest BCUT2D eigenvalue weighted by molar-refractivity contribution is -0.188. The standard InChI is InChI=1S/C37H31ClN4O8S/c1-3-37(29-18-31-34-24(17-23-6-4-5-7-30(23)40-34)20-42(31)35(44)28(29)21-49-36(37)45)50-33(43)19-39-32(16-22-8-12-26(48-2)13-9-22)41-51(46,47)27-14-10-25(38)11-15-27/h4-15,17-18H,3,16,19-21H2,1-2H3,(H,39,41)/t37-/m0/s1. The zero-order valence-corrected chi connectivity index (χ0v) is 29.1. The van der Waals surface area contributed by atoms with Gasteiger partial charge in [0.05, 0.1) is 41.0 Å². The zero-order chi connectivity index (χ0) is 35.9. The lowest BCUT2D eigenvalue weighted by atomic mass is 9.85. The number of para-hydroxylation sites is 1. The van der Waals surface area contributed by atoms with E-state index in [-0.39, 0.29) is 46.9 Å². The van der Waals surface area contributed by atoms with Gasteiger partial charge in [0, 0.05) is 28.0 Å². The van der Waals surface area contributed by atoms with Gasteiger partial charge in [-0.3, -0.25) is 14.5 Å². The number of halogens is 1. The van der Waals surface area contributed by atoms with Crippen molar-refractivity contribution < 1.29 is 32.2 Å². The molecule has 5 aromatic rings. The highest BCUT2D eigenvalue weighted by Gasteiger charge is 2.50. The van der Waals surface area contributed by atoms with E-state index in [1.807, 2.05) is 30.3 Å². The minimum Gasteiger partial charge on any atom is -0.497 e. The van der Waals surface area contributed by atoms with Gasteiger partial charge in [0.25, 0.3) is 15.6 Å². The van der Waals surface area contributed by atoms with E-state index in [0.29, 0.717) is 34.3 Å². The van der Waals surface area contributed by atoms with Gasteiger partial charge >= 0.3 is 11.9 Å². The summed E-state index contributed by atoms with van der Waals surface area (Å²) in [7, 11) is -2.61. The molecule has 0 fully saturated rings. The molecule has 260 valence electrons. The lowest BCUT2D eigenvalue weighted by Crippen LogP contribution is -2.48. The molecule has 0 amide bonds. The van der Waals surface area contributed by atoms with Crippen LogP contribution >= 0.6 is 11.6 Å². The summed E-state index contributed by atoms with van der Waals surface area (Å²) < 4.78 is 47.2. The Hall–Kier alpha value is -5.53. The Morgan fingerprint density at radius 2 is 1.80 bits per heavy atom. The van der Waals surface area contributed by atoms with Crippen LogP contribution in [-0.4, -0.2) is 49.4 Å². The fourth-order valence-corrected chi connectivity index (χ4v) is 7.54. The highest BCUT2D eigenvalue weighted by Crippen LogP contribution is 2.41. The summed E-state index contributed by atoms with van der Waals surface area (Å²) >= 11 is 5.95. The summed E-state index contributed by atoms with van der Waals surface area (Å²) in [5.41, 5.74) is 1.47. The van der Waals surface area contributed by atoms with Gasteiger partial charge in [0.1, 0.15) is 24.7 Å². The Bertz CT molecular complexity index is 2410. The van der Waals surface area contributed by atoms with Crippen LogP contribution in [-0.2, 0) is 54.3 Å². The number of aromatic nitrogens is 2. The van der Waals surface area contributed by atoms with Crippen LogP contribution in [0.5, 0.6) is 5.75 Å². The predicted molar refractivity (Wildman–Crippen MR) is 189 cm³/mol. The second-order valence-corrected chi connectivity index (χ2v) is 14.2. The molecule has 0 bridgehead atoms. The molecule has 12 nitrogen and oxygen atoms in total. The minimum atomic E-state index is -4.13. The average molecular weight is 727 g/mol. The minimum absolute atomic E-state index is 0.00210. The fraction of sp³-hybridized carbons (Fsp3) is 0.216. The van der Waals surface area contributed by atoms with Gasteiger partial charge < -0.3 is 18.8 Å². The number of amidine groups is 1. The van der Waals surface area contributed by atoms with E-state index < -0.39 is 34.1 Å². The van der Waals surface area contributed by atoms with E-state index in [0.717, 1.165) is 16.5 Å². The smallest absolute Gasteiger partial charge is 0.355 e. The van der Waals surface area contributed by atoms with Gasteiger partial charge in [0.2, 0.25) is 5.60 Å². The third kappa shape index (κ3) is 6.34. The number of esters is 2. The maximum atomic E-state index is 13.9. The number of ether oxygens (including phenoxy) is 3.